The first kappa shape index (κ1) is 10.4. The van der Waals surface area contributed by atoms with Crippen LogP contribution in [0.25, 0.3) is 0 Å². The van der Waals surface area contributed by atoms with Gasteiger partial charge < -0.3 is 5.11 Å². The largest absolute Gasteiger partial charge is 0.384 e. The molecule has 0 aliphatic rings. The SMILES string of the molecule is C=CC[C@](C)(O)c1sc(C)nc1C. The quantitative estimate of drug-likeness (QED) is 0.755. The zero-order valence-corrected chi connectivity index (χ0v) is 9.11. The van der Waals surface area contributed by atoms with Crippen molar-refractivity contribution in [3.05, 3.63) is 28.2 Å². The van der Waals surface area contributed by atoms with Crippen LogP contribution in [0.1, 0.15) is 28.9 Å². The van der Waals surface area contributed by atoms with Gasteiger partial charge >= 0.3 is 0 Å². The normalized spacial score (nSPS) is 15.4. The molecule has 0 saturated heterocycles. The highest BCUT2D eigenvalue weighted by atomic mass is 32.1. The van der Waals surface area contributed by atoms with Crippen LogP contribution in [0.15, 0.2) is 12.7 Å². The molecule has 1 rings (SSSR count). The Kier molecular flexibility index (Phi) is 2.88. The van der Waals surface area contributed by atoms with Gasteiger partial charge in [0.1, 0.15) is 5.60 Å². The van der Waals surface area contributed by atoms with E-state index in [-0.39, 0.29) is 0 Å². The van der Waals surface area contributed by atoms with Gasteiger partial charge in [-0.05, 0) is 27.2 Å². The maximum atomic E-state index is 10.1. The number of aliphatic hydroxyl groups is 1. The molecule has 0 aliphatic heterocycles. The van der Waals surface area contributed by atoms with E-state index >= 15 is 0 Å². The van der Waals surface area contributed by atoms with Gasteiger partial charge in [0.2, 0.25) is 0 Å². The minimum absolute atomic E-state index is 0.565. The summed E-state index contributed by atoms with van der Waals surface area (Å²) in [5.74, 6) is 0. The molecule has 2 nitrogen and oxygen atoms in total. The number of aryl methyl sites for hydroxylation is 2. The monoisotopic (exact) mass is 197 g/mol. The molecule has 0 spiro atoms. The number of nitrogens with zero attached hydrogens (tertiary/aromatic N) is 1. The molecule has 1 N–H and O–H groups in total. The number of hydrogen-bond acceptors (Lipinski definition) is 3. The minimum Gasteiger partial charge on any atom is -0.384 e. The van der Waals surface area contributed by atoms with Crippen molar-refractivity contribution in [1.82, 2.24) is 4.98 Å². The van der Waals surface area contributed by atoms with Crippen LogP contribution < -0.4 is 0 Å². The predicted molar refractivity (Wildman–Crippen MR) is 56.0 cm³/mol. The highest BCUT2D eigenvalue weighted by Crippen LogP contribution is 2.32. The second kappa shape index (κ2) is 3.60. The van der Waals surface area contributed by atoms with Crippen LogP contribution >= 0.6 is 11.3 Å². The molecule has 13 heavy (non-hydrogen) atoms. The third kappa shape index (κ3) is 2.17. The molecule has 1 heterocycles. The Morgan fingerprint density at radius 2 is 2.23 bits per heavy atom. The molecule has 0 unspecified atom stereocenters. The first-order chi connectivity index (χ1) is 5.97. The van der Waals surface area contributed by atoms with Gasteiger partial charge in [-0.25, -0.2) is 4.98 Å². The van der Waals surface area contributed by atoms with Crippen LogP contribution in [-0.2, 0) is 5.60 Å². The lowest BCUT2D eigenvalue weighted by atomic mass is 9.99. The highest BCUT2D eigenvalue weighted by molar-refractivity contribution is 7.11. The van der Waals surface area contributed by atoms with Crippen LogP contribution in [0.2, 0.25) is 0 Å². The third-order valence-electron chi connectivity index (χ3n) is 1.93. The Balaban J connectivity index is 3.05. The van der Waals surface area contributed by atoms with Crippen molar-refractivity contribution in [2.24, 2.45) is 0 Å². The van der Waals surface area contributed by atoms with E-state index in [9.17, 15) is 5.11 Å². The fourth-order valence-corrected chi connectivity index (χ4v) is 2.38. The van der Waals surface area contributed by atoms with Crippen LogP contribution in [0, 0.1) is 13.8 Å². The molecule has 3 heteroatoms. The van der Waals surface area contributed by atoms with Crippen molar-refractivity contribution in [3.8, 4) is 0 Å². The summed E-state index contributed by atoms with van der Waals surface area (Å²) in [6, 6.07) is 0. The second-order valence-corrected chi connectivity index (χ2v) is 4.62. The van der Waals surface area contributed by atoms with Gasteiger partial charge in [-0.15, -0.1) is 17.9 Å². The van der Waals surface area contributed by atoms with Gasteiger partial charge in [0.15, 0.2) is 0 Å². The third-order valence-corrected chi connectivity index (χ3v) is 3.26. The van der Waals surface area contributed by atoms with Crippen LogP contribution in [0.4, 0.5) is 0 Å². The highest BCUT2D eigenvalue weighted by Gasteiger charge is 2.26. The number of aromatic nitrogens is 1. The molecule has 72 valence electrons. The maximum Gasteiger partial charge on any atom is 0.101 e. The average Bonchev–Trinajstić information content (AvgIpc) is 2.30. The van der Waals surface area contributed by atoms with E-state index in [1.807, 2.05) is 13.8 Å². The fraction of sp³-hybridized carbons (Fsp3) is 0.500. The van der Waals surface area contributed by atoms with Crippen molar-refractivity contribution in [1.29, 1.82) is 0 Å². The molecule has 0 fully saturated rings. The molecule has 0 aliphatic carbocycles. The Labute approximate surface area is 83.0 Å². The van der Waals surface area contributed by atoms with E-state index in [0.29, 0.717) is 6.42 Å². The van der Waals surface area contributed by atoms with E-state index in [0.717, 1.165) is 15.6 Å². The van der Waals surface area contributed by atoms with Gasteiger partial charge in [0, 0.05) is 0 Å². The van der Waals surface area contributed by atoms with Crippen LogP contribution in [0.5, 0.6) is 0 Å². The summed E-state index contributed by atoms with van der Waals surface area (Å²) in [7, 11) is 0. The van der Waals surface area contributed by atoms with Crippen molar-refractivity contribution in [2.75, 3.05) is 0 Å². The molecule has 0 saturated carbocycles. The van der Waals surface area contributed by atoms with E-state index < -0.39 is 5.60 Å². The van der Waals surface area contributed by atoms with Gasteiger partial charge in [-0.3, -0.25) is 0 Å². The van der Waals surface area contributed by atoms with E-state index in [4.69, 9.17) is 0 Å². The molecular weight excluding hydrogens is 182 g/mol. The Morgan fingerprint density at radius 3 is 2.62 bits per heavy atom. The average molecular weight is 197 g/mol. The van der Waals surface area contributed by atoms with E-state index in [1.165, 1.54) is 0 Å². The Hall–Kier alpha value is -0.670. The lowest BCUT2D eigenvalue weighted by molar-refractivity contribution is 0.0637. The Morgan fingerprint density at radius 1 is 1.62 bits per heavy atom. The predicted octanol–water partition coefficient (Wildman–Crippen LogP) is 2.54. The molecular formula is C10H15NOS. The first-order valence-corrected chi connectivity index (χ1v) is 5.07. The first-order valence-electron chi connectivity index (χ1n) is 4.25. The number of hydrogen-bond donors (Lipinski definition) is 1. The molecule has 0 aromatic carbocycles. The van der Waals surface area contributed by atoms with Gasteiger partial charge in [-0.2, -0.15) is 0 Å². The molecule has 1 aromatic heterocycles. The molecule has 0 radical (unpaired) electrons. The van der Waals surface area contributed by atoms with Crippen LogP contribution in [-0.4, -0.2) is 10.1 Å². The maximum absolute atomic E-state index is 10.1. The standard InChI is InChI=1S/C10H15NOS/c1-5-6-10(4,12)9-7(2)11-8(3)13-9/h5,12H,1,6H2,2-4H3/t10-/m0/s1. The summed E-state index contributed by atoms with van der Waals surface area (Å²) < 4.78 is 0. The Bertz CT molecular complexity index is 315. The van der Waals surface area contributed by atoms with Crippen molar-refractivity contribution in [2.45, 2.75) is 32.8 Å². The topological polar surface area (TPSA) is 33.1 Å². The van der Waals surface area contributed by atoms with Gasteiger partial charge in [0.05, 0.1) is 15.6 Å². The van der Waals surface area contributed by atoms with Crippen molar-refractivity contribution in [3.63, 3.8) is 0 Å². The minimum atomic E-state index is -0.808. The van der Waals surface area contributed by atoms with Crippen LogP contribution in [0.3, 0.4) is 0 Å². The van der Waals surface area contributed by atoms with Gasteiger partial charge in [-0.1, -0.05) is 6.08 Å². The lowest BCUT2D eigenvalue weighted by Crippen LogP contribution is -2.19. The number of rotatable bonds is 3. The van der Waals surface area contributed by atoms with Crippen molar-refractivity contribution < 1.29 is 5.11 Å². The summed E-state index contributed by atoms with van der Waals surface area (Å²) in [5.41, 5.74) is 0.118. The second-order valence-electron chi connectivity index (χ2n) is 3.41. The molecule has 0 bridgehead atoms. The van der Waals surface area contributed by atoms with Gasteiger partial charge in [0.25, 0.3) is 0 Å². The molecule has 1 aromatic rings. The lowest BCUT2D eigenvalue weighted by Gasteiger charge is -2.20. The molecule has 1 atom stereocenters. The zero-order chi connectivity index (χ0) is 10.1. The fourth-order valence-electron chi connectivity index (χ4n) is 1.40. The van der Waals surface area contributed by atoms with Crippen molar-refractivity contribution >= 4 is 11.3 Å². The summed E-state index contributed by atoms with van der Waals surface area (Å²) in [4.78, 5) is 5.23. The van der Waals surface area contributed by atoms with E-state index in [1.54, 1.807) is 24.3 Å². The summed E-state index contributed by atoms with van der Waals surface area (Å²) in [6.07, 6.45) is 2.30. The molecule has 0 amide bonds. The van der Waals surface area contributed by atoms with E-state index in [2.05, 4.69) is 11.6 Å². The zero-order valence-electron chi connectivity index (χ0n) is 8.29. The summed E-state index contributed by atoms with van der Waals surface area (Å²) in [6.45, 7) is 9.31. The number of thiazole rings is 1. The summed E-state index contributed by atoms with van der Waals surface area (Å²) in [5, 5.41) is 11.1. The summed E-state index contributed by atoms with van der Waals surface area (Å²) >= 11 is 1.55. The smallest absolute Gasteiger partial charge is 0.101 e.